The highest BCUT2D eigenvalue weighted by molar-refractivity contribution is 6.40. The van der Waals surface area contributed by atoms with Crippen molar-refractivity contribution in [3.63, 3.8) is 0 Å². The van der Waals surface area contributed by atoms with Gasteiger partial charge in [-0.15, -0.1) is 0 Å². The number of aliphatic carboxylic acids is 1. The molecule has 2 nitrogen and oxygen atoms in total. The van der Waals surface area contributed by atoms with Crippen LogP contribution in [0, 0.1) is 0 Å². The third-order valence-corrected chi connectivity index (χ3v) is 2.59. The van der Waals surface area contributed by atoms with Crippen molar-refractivity contribution in [1.29, 1.82) is 0 Å². The molecule has 0 saturated heterocycles. The van der Waals surface area contributed by atoms with E-state index in [9.17, 15) is 4.79 Å². The monoisotopic (exact) mass is 264 g/mol. The summed E-state index contributed by atoms with van der Waals surface area (Å²) in [7, 11) is 0. The first-order chi connectivity index (χ1) is 6.91. The van der Waals surface area contributed by atoms with Gasteiger partial charge in [-0.25, -0.2) is 4.79 Å². The second-order valence-corrected chi connectivity index (χ2v) is 4.17. The fraction of sp³-hybridized carbons (Fsp3) is 0.100. The summed E-state index contributed by atoms with van der Waals surface area (Å²) in [5.41, 5.74) is 0.615. The van der Waals surface area contributed by atoms with E-state index in [-0.39, 0.29) is 5.57 Å². The molecule has 0 aliphatic carbocycles. The molecule has 0 bridgehead atoms. The number of carboxylic acid groups (broad SMARTS) is 1. The largest absolute Gasteiger partial charge is 0.478 e. The normalized spacial score (nSPS) is 11.6. The average Bonchev–Trinajstić information content (AvgIpc) is 2.10. The van der Waals surface area contributed by atoms with E-state index in [1.165, 1.54) is 25.1 Å². The Morgan fingerprint density at radius 1 is 1.27 bits per heavy atom. The van der Waals surface area contributed by atoms with Gasteiger partial charge in [-0.2, -0.15) is 0 Å². The van der Waals surface area contributed by atoms with Crippen LogP contribution in [-0.4, -0.2) is 11.1 Å². The molecule has 5 heteroatoms. The minimum atomic E-state index is -1.02. The number of carbonyl (C=O) groups is 1. The SMILES string of the molecule is CC(=Cc1c(Cl)cc(Cl)cc1Cl)C(=O)O. The molecule has 0 aliphatic rings. The molecule has 0 heterocycles. The summed E-state index contributed by atoms with van der Waals surface area (Å²) in [5, 5.41) is 9.77. The van der Waals surface area contributed by atoms with E-state index in [2.05, 4.69) is 0 Å². The van der Waals surface area contributed by atoms with Gasteiger partial charge in [0.1, 0.15) is 0 Å². The van der Waals surface area contributed by atoms with Crippen molar-refractivity contribution in [2.75, 3.05) is 0 Å². The molecule has 1 aromatic rings. The quantitative estimate of drug-likeness (QED) is 0.816. The van der Waals surface area contributed by atoms with Crippen LogP contribution < -0.4 is 0 Å². The molecule has 15 heavy (non-hydrogen) atoms. The van der Waals surface area contributed by atoms with Crippen molar-refractivity contribution in [2.24, 2.45) is 0 Å². The van der Waals surface area contributed by atoms with Gasteiger partial charge in [-0.3, -0.25) is 0 Å². The van der Waals surface area contributed by atoms with E-state index >= 15 is 0 Å². The lowest BCUT2D eigenvalue weighted by atomic mass is 10.1. The van der Waals surface area contributed by atoms with Crippen LogP contribution in [0.1, 0.15) is 12.5 Å². The maximum Gasteiger partial charge on any atom is 0.331 e. The zero-order valence-electron chi connectivity index (χ0n) is 7.72. The van der Waals surface area contributed by atoms with Crippen LogP contribution in [0.15, 0.2) is 17.7 Å². The molecule has 0 aromatic heterocycles. The van der Waals surface area contributed by atoms with Gasteiger partial charge in [-0.05, 0) is 25.1 Å². The summed E-state index contributed by atoms with van der Waals surface area (Å²) >= 11 is 17.5. The Balaban J connectivity index is 3.27. The van der Waals surface area contributed by atoms with Crippen molar-refractivity contribution in [1.82, 2.24) is 0 Å². The summed E-state index contributed by atoms with van der Waals surface area (Å²) in [6, 6.07) is 3.02. The first kappa shape index (κ1) is 12.4. The van der Waals surface area contributed by atoms with Crippen molar-refractivity contribution < 1.29 is 9.90 Å². The van der Waals surface area contributed by atoms with Gasteiger partial charge in [0, 0.05) is 16.2 Å². The molecule has 0 aliphatic heterocycles. The number of rotatable bonds is 2. The van der Waals surface area contributed by atoms with Gasteiger partial charge in [0.15, 0.2) is 0 Å². The van der Waals surface area contributed by atoms with Crippen molar-refractivity contribution in [3.8, 4) is 0 Å². The molecule has 0 radical (unpaired) electrons. The molecule has 0 saturated carbocycles. The van der Waals surface area contributed by atoms with Gasteiger partial charge >= 0.3 is 5.97 Å². The first-order valence-electron chi connectivity index (χ1n) is 3.98. The second kappa shape index (κ2) is 4.88. The van der Waals surface area contributed by atoms with E-state index < -0.39 is 5.97 Å². The predicted octanol–water partition coefficient (Wildman–Crippen LogP) is 4.13. The highest BCUT2D eigenvalue weighted by Gasteiger charge is 2.08. The number of hydrogen-bond donors (Lipinski definition) is 1. The van der Waals surface area contributed by atoms with Gasteiger partial charge in [-0.1, -0.05) is 34.8 Å². The van der Waals surface area contributed by atoms with Crippen LogP contribution >= 0.6 is 34.8 Å². The molecule has 0 fully saturated rings. The topological polar surface area (TPSA) is 37.3 Å². The van der Waals surface area contributed by atoms with Gasteiger partial charge in [0.25, 0.3) is 0 Å². The fourth-order valence-corrected chi connectivity index (χ4v) is 1.90. The standard InChI is InChI=1S/C10H7Cl3O2/c1-5(10(14)15)2-7-8(12)3-6(11)4-9(7)13/h2-4H,1H3,(H,14,15). The third kappa shape index (κ3) is 3.13. The highest BCUT2D eigenvalue weighted by atomic mass is 35.5. The Morgan fingerprint density at radius 3 is 2.13 bits per heavy atom. The Labute approximate surface area is 102 Å². The molecule has 1 N–H and O–H groups in total. The van der Waals surface area contributed by atoms with Crippen LogP contribution in [0.25, 0.3) is 6.08 Å². The highest BCUT2D eigenvalue weighted by Crippen LogP contribution is 2.30. The first-order valence-corrected chi connectivity index (χ1v) is 5.11. The zero-order valence-corrected chi connectivity index (χ0v) is 9.99. The Morgan fingerprint density at radius 2 is 1.73 bits per heavy atom. The summed E-state index contributed by atoms with van der Waals surface area (Å²) in [5.74, 6) is -1.02. The molecule has 0 spiro atoms. The lowest BCUT2D eigenvalue weighted by Gasteiger charge is -2.03. The van der Waals surface area contributed by atoms with Gasteiger partial charge in [0.2, 0.25) is 0 Å². The van der Waals surface area contributed by atoms with Crippen molar-refractivity contribution >= 4 is 46.8 Å². The number of benzene rings is 1. The van der Waals surface area contributed by atoms with E-state index in [4.69, 9.17) is 39.9 Å². The van der Waals surface area contributed by atoms with Crippen LogP contribution in [0.3, 0.4) is 0 Å². The van der Waals surface area contributed by atoms with E-state index in [0.29, 0.717) is 20.6 Å². The third-order valence-electron chi connectivity index (χ3n) is 1.74. The molecule has 1 aromatic carbocycles. The molecule has 0 amide bonds. The summed E-state index contributed by atoms with van der Waals surface area (Å²) < 4.78 is 0. The van der Waals surface area contributed by atoms with Crippen LogP contribution in [0.4, 0.5) is 0 Å². The smallest absolute Gasteiger partial charge is 0.331 e. The average molecular weight is 266 g/mol. The second-order valence-electron chi connectivity index (χ2n) is 2.92. The van der Waals surface area contributed by atoms with Crippen molar-refractivity contribution in [3.05, 3.63) is 38.3 Å². The number of halogens is 3. The molecular weight excluding hydrogens is 258 g/mol. The summed E-state index contributed by atoms with van der Waals surface area (Å²) in [4.78, 5) is 10.6. The minimum absolute atomic E-state index is 0.154. The molecule has 0 atom stereocenters. The van der Waals surface area contributed by atoms with E-state index in [0.717, 1.165) is 0 Å². The molecule has 1 rings (SSSR count). The maximum atomic E-state index is 10.6. The Bertz CT molecular complexity index is 415. The van der Waals surface area contributed by atoms with E-state index in [1.807, 2.05) is 0 Å². The number of hydrogen-bond acceptors (Lipinski definition) is 1. The van der Waals surface area contributed by atoms with Crippen LogP contribution in [0.2, 0.25) is 15.1 Å². The van der Waals surface area contributed by atoms with Crippen molar-refractivity contribution in [2.45, 2.75) is 6.92 Å². The van der Waals surface area contributed by atoms with Crippen LogP contribution in [0.5, 0.6) is 0 Å². The minimum Gasteiger partial charge on any atom is -0.478 e. The number of carboxylic acids is 1. The van der Waals surface area contributed by atoms with Gasteiger partial charge < -0.3 is 5.11 Å². The summed E-state index contributed by atoms with van der Waals surface area (Å²) in [6.07, 6.45) is 1.41. The van der Waals surface area contributed by atoms with Gasteiger partial charge in [0.05, 0.1) is 10.0 Å². The molecular formula is C10H7Cl3O2. The lowest BCUT2D eigenvalue weighted by molar-refractivity contribution is -0.132. The van der Waals surface area contributed by atoms with Crippen LogP contribution in [-0.2, 0) is 4.79 Å². The fourth-order valence-electron chi connectivity index (χ4n) is 0.970. The lowest BCUT2D eigenvalue weighted by Crippen LogP contribution is -1.95. The summed E-state index contributed by atoms with van der Waals surface area (Å²) in [6.45, 7) is 1.46. The zero-order chi connectivity index (χ0) is 11.6. The molecule has 0 unspecified atom stereocenters. The Hall–Kier alpha value is -0.700. The maximum absolute atomic E-state index is 10.6. The predicted molar refractivity (Wildman–Crippen MR) is 62.8 cm³/mol. The molecule has 80 valence electrons. The van der Waals surface area contributed by atoms with E-state index in [1.54, 1.807) is 0 Å². The Kier molecular flexibility index (Phi) is 4.03.